The highest BCUT2D eigenvalue weighted by Gasteiger charge is 2.31. The van der Waals surface area contributed by atoms with E-state index < -0.39 is 28.3 Å². The van der Waals surface area contributed by atoms with E-state index in [1.807, 2.05) is 32.0 Å². The Balaban J connectivity index is 2.27. The van der Waals surface area contributed by atoms with Gasteiger partial charge in [-0.2, -0.15) is 4.31 Å². The molecule has 9 nitrogen and oxygen atoms in total. The van der Waals surface area contributed by atoms with Crippen LogP contribution in [0.5, 0.6) is 0 Å². The molecule has 180 valence electrons. The number of aliphatic hydroxyl groups excluding tert-OH is 1. The summed E-state index contributed by atoms with van der Waals surface area (Å²) in [7, 11) is -3.99. The second-order valence-corrected chi connectivity index (χ2v) is 10.2. The Hall–Kier alpha value is -2.95. The van der Waals surface area contributed by atoms with Gasteiger partial charge >= 0.3 is 6.09 Å². The van der Waals surface area contributed by atoms with E-state index in [4.69, 9.17) is 0 Å². The molecule has 0 aliphatic heterocycles. The Bertz CT molecular complexity index is 1030. The van der Waals surface area contributed by atoms with Gasteiger partial charge in [0.05, 0.1) is 17.0 Å². The Kier molecular flexibility index (Phi) is 9.39. The molecular weight excluding hydrogens is 446 g/mol. The Morgan fingerprint density at radius 1 is 1.00 bits per heavy atom. The summed E-state index contributed by atoms with van der Waals surface area (Å²) in [4.78, 5) is 22.5. The lowest BCUT2D eigenvalue weighted by Gasteiger charge is -2.30. The molecule has 2 rings (SSSR count). The van der Waals surface area contributed by atoms with Gasteiger partial charge in [-0.25, -0.2) is 13.2 Å². The summed E-state index contributed by atoms with van der Waals surface area (Å²) in [5, 5.41) is 25.0. The Morgan fingerprint density at radius 2 is 1.61 bits per heavy atom. The van der Waals surface area contributed by atoms with Crippen molar-refractivity contribution in [3.8, 4) is 0 Å². The van der Waals surface area contributed by atoms with Crippen molar-refractivity contribution in [2.24, 2.45) is 5.92 Å². The fraction of sp³-hybridized carbons (Fsp3) is 0.391. The van der Waals surface area contributed by atoms with E-state index in [-0.39, 0.29) is 36.2 Å². The lowest BCUT2D eigenvalue weighted by atomic mass is 10.0. The number of hydrogen-bond acceptors (Lipinski definition) is 5. The first-order valence-corrected chi connectivity index (χ1v) is 12.0. The Morgan fingerprint density at radius 3 is 2.12 bits per heavy atom. The summed E-state index contributed by atoms with van der Waals surface area (Å²) >= 11 is 0. The number of benzene rings is 2. The number of rotatable bonds is 11. The highest BCUT2D eigenvalue weighted by Crippen LogP contribution is 2.21. The fourth-order valence-corrected chi connectivity index (χ4v) is 5.01. The molecule has 0 aliphatic rings. The van der Waals surface area contributed by atoms with E-state index in [9.17, 15) is 28.2 Å². The van der Waals surface area contributed by atoms with Crippen LogP contribution in [0.3, 0.4) is 0 Å². The zero-order valence-electron chi connectivity index (χ0n) is 18.9. The van der Waals surface area contributed by atoms with Crippen molar-refractivity contribution >= 4 is 27.7 Å². The molecule has 2 atom stereocenters. The van der Waals surface area contributed by atoms with Crippen LogP contribution in [0.15, 0.2) is 59.5 Å². The third-order valence-electron chi connectivity index (χ3n) is 4.84. The molecular formula is C23H31N3O6S. The molecule has 10 heteroatoms. The van der Waals surface area contributed by atoms with Crippen LogP contribution >= 0.6 is 0 Å². The predicted molar refractivity (Wildman–Crippen MR) is 125 cm³/mol. The van der Waals surface area contributed by atoms with Gasteiger partial charge in [0.1, 0.15) is 0 Å². The highest BCUT2D eigenvalue weighted by atomic mass is 32.2. The van der Waals surface area contributed by atoms with Crippen molar-refractivity contribution in [3.63, 3.8) is 0 Å². The topological polar surface area (TPSA) is 136 Å². The second-order valence-electron chi connectivity index (χ2n) is 8.23. The summed E-state index contributed by atoms with van der Waals surface area (Å²) in [6.07, 6.45) is -2.38. The standard InChI is InChI=1S/C23H31N3O6S/c1-16(2)14-26(33(31,32)20-11-9-19(10-12-20)24-17(3)27)15-22(28)21(25-23(29)30)13-18-7-5-4-6-8-18/h4-12,16,21-22,25,28H,13-15H2,1-3H3,(H,24,27)(H,29,30). The lowest BCUT2D eigenvalue weighted by molar-refractivity contribution is -0.114. The molecule has 0 fully saturated rings. The van der Waals surface area contributed by atoms with Crippen LogP contribution in [0.25, 0.3) is 0 Å². The summed E-state index contributed by atoms with van der Waals surface area (Å²) in [6, 6.07) is 13.9. The maximum atomic E-state index is 13.3. The zero-order valence-corrected chi connectivity index (χ0v) is 19.7. The molecule has 0 aliphatic carbocycles. The molecule has 2 amide bonds. The largest absolute Gasteiger partial charge is 0.465 e. The van der Waals surface area contributed by atoms with Gasteiger partial charge in [-0.05, 0) is 42.2 Å². The lowest BCUT2D eigenvalue weighted by Crippen LogP contribution is -2.50. The molecule has 0 heterocycles. The molecule has 0 spiro atoms. The van der Waals surface area contributed by atoms with E-state index in [1.165, 1.54) is 31.2 Å². The van der Waals surface area contributed by atoms with Gasteiger partial charge in [-0.3, -0.25) is 4.79 Å². The number of anilines is 1. The van der Waals surface area contributed by atoms with Crippen molar-refractivity contribution in [1.29, 1.82) is 0 Å². The first-order valence-electron chi connectivity index (χ1n) is 10.6. The number of nitrogens with one attached hydrogen (secondary N) is 2. The minimum atomic E-state index is -3.99. The van der Waals surface area contributed by atoms with Crippen LogP contribution < -0.4 is 10.6 Å². The molecule has 2 aromatic carbocycles. The SMILES string of the molecule is CC(=O)Nc1ccc(S(=O)(=O)N(CC(C)C)CC(O)C(Cc2ccccc2)NC(=O)O)cc1. The summed E-state index contributed by atoms with van der Waals surface area (Å²) in [6.45, 7) is 4.91. The number of carboxylic acid groups (broad SMARTS) is 1. The number of hydrogen-bond donors (Lipinski definition) is 4. The van der Waals surface area contributed by atoms with Crippen molar-refractivity contribution in [2.45, 2.75) is 44.2 Å². The molecule has 2 aromatic rings. The maximum absolute atomic E-state index is 13.3. The number of amides is 2. The van der Waals surface area contributed by atoms with Crippen LogP contribution in [0.1, 0.15) is 26.3 Å². The molecule has 0 saturated heterocycles. The summed E-state index contributed by atoms with van der Waals surface area (Å²) < 4.78 is 27.8. The normalized spacial score (nSPS) is 13.5. The van der Waals surface area contributed by atoms with Crippen LogP contribution in [0.2, 0.25) is 0 Å². The van der Waals surface area contributed by atoms with Crippen LogP contribution in [-0.4, -0.2) is 60.2 Å². The summed E-state index contributed by atoms with van der Waals surface area (Å²) in [5.74, 6) is -0.309. The van der Waals surface area contributed by atoms with E-state index >= 15 is 0 Å². The average molecular weight is 478 g/mol. The van der Waals surface area contributed by atoms with Crippen molar-refractivity contribution in [3.05, 3.63) is 60.2 Å². The maximum Gasteiger partial charge on any atom is 0.404 e. The van der Waals surface area contributed by atoms with Crippen LogP contribution in [0.4, 0.5) is 10.5 Å². The van der Waals surface area contributed by atoms with Crippen molar-refractivity contribution in [2.75, 3.05) is 18.4 Å². The molecule has 4 N–H and O–H groups in total. The van der Waals surface area contributed by atoms with Gasteiger partial charge < -0.3 is 20.8 Å². The molecule has 0 aromatic heterocycles. The zero-order chi connectivity index (χ0) is 24.6. The van der Waals surface area contributed by atoms with Crippen LogP contribution in [-0.2, 0) is 21.2 Å². The second kappa shape index (κ2) is 11.8. The molecule has 33 heavy (non-hydrogen) atoms. The quantitative estimate of drug-likeness (QED) is 0.393. The monoisotopic (exact) mass is 477 g/mol. The number of carbonyl (C=O) groups excluding carboxylic acids is 1. The molecule has 0 bridgehead atoms. The minimum absolute atomic E-state index is 0.00950. The molecule has 0 radical (unpaired) electrons. The van der Waals surface area contributed by atoms with Gasteiger partial charge in [-0.15, -0.1) is 0 Å². The first kappa shape index (κ1) is 26.3. The van der Waals surface area contributed by atoms with Gasteiger partial charge in [0.25, 0.3) is 0 Å². The van der Waals surface area contributed by atoms with E-state index in [2.05, 4.69) is 10.6 Å². The van der Waals surface area contributed by atoms with E-state index in [1.54, 1.807) is 12.1 Å². The third kappa shape index (κ3) is 8.16. The van der Waals surface area contributed by atoms with Gasteiger partial charge in [0.15, 0.2) is 0 Å². The van der Waals surface area contributed by atoms with Crippen molar-refractivity contribution in [1.82, 2.24) is 9.62 Å². The average Bonchev–Trinajstić information content (AvgIpc) is 2.73. The third-order valence-corrected chi connectivity index (χ3v) is 6.69. The van der Waals surface area contributed by atoms with Gasteiger partial charge in [0.2, 0.25) is 15.9 Å². The number of carbonyl (C=O) groups is 2. The highest BCUT2D eigenvalue weighted by molar-refractivity contribution is 7.89. The summed E-state index contributed by atoms with van der Waals surface area (Å²) in [5.41, 5.74) is 1.27. The Labute approximate surface area is 194 Å². The van der Waals surface area contributed by atoms with Crippen LogP contribution in [0, 0.1) is 5.92 Å². The van der Waals surface area contributed by atoms with Gasteiger partial charge in [-0.1, -0.05) is 44.2 Å². The van der Waals surface area contributed by atoms with E-state index in [0.29, 0.717) is 5.69 Å². The smallest absolute Gasteiger partial charge is 0.404 e. The fourth-order valence-electron chi connectivity index (χ4n) is 3.39. The first-order chi connectivity index (χ1) is 15.5. The predicted octanol–water partition coefficient (Wildman–Crippen LogP) is 2.53. The molecule has 2 unspecified atom stereocenters. The number of aliphatic hydroxyl groups is 1. The van der Waals surface area contributed by atoms with Crippen molar-refractivity contribution < 1.29 is 28.2 Å². The van der Waals surface area contributed by atoms with Gasteiger partial charge in [0, 0.05) is 25.7 Å². The molecule has 0 saturated carbocycles. The number of sulfonamides is 1. The number of nitrogens with zero attached hydrogens (tertiary/aromatic N) is 1. The van der Waals surface area contributed by atoms with E-state index in [0.717, 1.165) is 9.87 Å². The minimum Gasteiger partial charge on any atom is -0.465 e.